The number of carbonyl (C=O) groups is 1. The van der Waals surface area contributed by atoms with Gasteiger partial charge in [-0.3, -0.25) is 4.52 Å². The predicted octanol–water partition coefficient (Wildman–Crippen LogP) is 1.24. The average Bonchev–Trinajstić information content (AvgIpc) is 2.37. The maximum atomic E-state index is 10.7. The lowest BCUT2D eigenvalue weighted by Crippen LogP contribution is -2.01. The standard InChI is InChI=1S/C11H21O6P.H3O4P/c1-2-11(12)16-9-7-5-3-4-6-8-10-17-18(13,14)15;1-5(2,3)4/h2H,1,3-10H2,(H2,13,14,15);(H3,1,2,3,4). The highest BCUT2D eigenvalue weighted by Crippen LogP contribution is 2.35. The first-order valence-electron chi connectivity index (χ1n) is 6.73. The van der Waals surface area contributed by atoms with Crippen LogP contribution in [0.2, 0.25) is 0 Å². The Kier molecular flexibility index (Phi) is 14.8. The van der Waals surface area contributed by atoms with Crippen molar-refractivity contribution in [2.24, 2.45) is 0 Å². The van der Waals surface area contributed by atoms with E-state index in [1.54, 1.807) is 0 Å². The second-order valence-electron chi connectivity index (χ2n) is 4.33. The number of esters is 1. The fourth-order valence-corrected chi connectivity index (χ4v) is 1.69. The van der Waals surface area contributed by atoms with Crippen molar-refractivity contribution in [1.29, 1.82) is 0 Å². The normalized spacial score (nSPS) is 11.3. The molecule has 0 aromatic carbocycles. The Balaban J connectivity index is 0. The molecule has 10 nitrogen and oxygen atoms in total. The van der Waals surface area contributed by atoms with E-state index in [9.17, 15) is 9.36 Å². The van der Waals surface area contributed by atoms with Gasteiger partial charge < -0.3 is 29.2 Å². The van der Waals surface area contributed by atoms with Crippen LogP contribution in [0.25, 0.3) is 0 Å². The molecule has 0 aromatic heterocycles. The van der Waals surface area contributed by atoms with Crippen molar-refractivity contribution in [3.63, 3.8) is 0 Å². The molecule has 23 heavy (non-hydrogen) atoms. The van der Waals surface area contributed by atoms with Gasteiger partial charge in [0.2, 0.25) is 0 Å². The Morgan fingerprint density at radius 1 is 0.870 bits per heavy atom. The molecule has 138 valence electrons. The molecule has 0 aliphatic carbocycles. The summed E-state index contributed by atoms with van der Waals surface area (Å²) in [5.74, 6) is -0.399. The maximum absolute atomic E-state index is 10.7. The number of ether oxygens (including phenoxy) is 1. The topological polar surface area (TPSA) is 171 Å². The van der Waals surface area contributed by atoms with Gasteiger partial charge in [-0.2, -0.15) is 0 Å². The Morgan fingerprint density at radius 2 is 1.26 bits per heavy atom. The summed E-state index contributed by atoms with van der Waals surface area (Å²) in [5.41, 5.74) is 0. The van der Waals surface area contributed by atoms with E-state index in [-0.39, 0.29) is 6.61 Å². The van der Waals surface area contributed by atoms with Crippen LogP contribution in [0, 0.1) is 0 Å². The highest BCUT2D eigenvalue weighted by Gasteiger charge is 2.12. The van der Waals surface area contributed by atoms with Crippen LogP contribution in [0.15, 0.2) is 12.7 Å². The number of carbonyl (C=O) groups excluding carboxylic acids is 1. The molecule has 5 N–H and O–H groups in total. The van der Waals surface area contributed by atoms with Crippen LogP contribution in [0.3, 0.4) is 0 Å². The van der Waals surface area contributed by atoms with Crippen LogP contribution in [-0.2, 0) is 23.2 Å². The molecule has 0 amide bonds. The van der Waals surface area contributed by atoms with E-state index in [0.717, 1.165) is 38.2 Å². The van der Waals surface area contributed by atoms with E-state index in [2.05, 4.69) is 11.1 Å². The number of hydrogen-bond acceptors (Lipinski definition) is 5. The highest BCUT2D eigenvalue weighted by molar-refractivity contribution is 7.46. The number of phosphoric acid groups is 2. The van der Waals surface area contributed by atoms with Gasteiger partial charge in [0.15, 0.2) is 0 Å². The molecule has 0 fully saturated rings. The Morgan fingerprint density at radius 3 is 1.65 bits per heavy atom. The third-order valence-electron chi connectivity index (χ3n) is 2.21. The summed E-state index contributed by atoms with van der Waals surface area (Å²) < 4.78 is 28.3. The van der Waals surface area contributed by atoms with Crippen LogP contribution in [-0.4, -0.2) is 43.7 Å². The fourth-order valence-electron chi connectivity index (χ4n) is 1.33. The van der Waals surface area contributed by atoms with Gasteiger partial charge in [0.1, 0.15) is 0 Å². The summed E-state index contributed by atoms with van der Waals surface area (Å²) in [4.78, 5) is 49.1. The lowest BCUT2D eigenvalue weighted by molar-refractivity contribution is -0.137. The monoisotopic (exact) mass is 378 g/mol. The Labute approximate surface area is 134 Å². The average molecular weight is 378 g/mol. The second-order valence-corrected chi connectivity index (χ2v) is 6.60. The van der Waals surface area contributed by atoms with E-state index in [0.29, 0.717) is 13.0 Å². The van der Waals surface area contributed by atoms with Gasteiger partial charge in [0.25, 0.3) is 0 Å². The minimum Gasteiger partial charge on any atom is -0.463 e. The first kappa shape index (κ1) is 24.7. The molecule has 0 heterocycles. The fraction of sp³-hybridized carbons (Fsp3) is 0.727. The van der Waals surface area contributed by atoms with Crippen LogP contribution in [0.4, 0.5) is 0 Å². The van der Waals surface area contributed by atoms with Crippen molar-refractivity contribution in [2.75, 3.05) is 13.2 Å². The zero-order chi connectivity index (χ0) is 18.4. The molecule has 0 radical (unpaired) electrons. The molecule has 0 aromatic rings. The molecular weight excluding hydrogens is 354 g/mol. The zero-order valence-electron chi connectivity index (χ0n) is 12.6. The van der Waals surface area contributed by atoms with Crippen LogP contribution in [0.5, 0.6) is 0 Å². The van der Waals surface area contributed by atoms with Crippen molar-refractivity contribution in [3.05, 3.63) is 12.7 Å². The summed E-state index contributed by atoms with van der Waals surface area (Å²) in [6.07, 6.45) is 6.40. The van der Waals surface area contributed by atoms with E-state index in [4.69, 9.17) is 33.8 Å². The zero-order valence-corrected chi connectivity index (χ0v) is 14.4. The van der Waals surface area contributed by atoms with Gasteiger partial charge in [-0.15, -0.1) is 0 Å². The number of hydrogen-bond donors (Lipinski definition) is 5. The van der Waals surface area contributed by atoms with Crippen molar-refractivity contribution < 1.29 is 47.7 Å². The third-order valence-corrected chi connectivity index (χ3v) is 2.73. The highest BCUT2D eigenvalue weighted by atomic mass is 31.2. The molecular formula is C11H24O10P2. The van der Waals surface area contributed by atoms with Crippen molar-refractivity contribution in [1.82, 2.24) is 0 Å². The van der Waals surface area contributed by atoms with E-state index >= 15 is 0 Å². The molecule has 0 aliphatic heterocycles. The van der Waals surface area contributed by atoms with Crippen LogP contribution >= 0.6 is 15.6 Å². The van der Waals surface area contributed by atoms with Gasteiger partial charge >= 0.3 is 21.6 Å². The molecule has 0 bridgehead atoms. The first-order chi connectivity index (χ1) is 10.5. The second kappa shape index (κ2) is 13.8. The Bertz CT molecular complexity index is 405. The summed E-state index contributed by atoms with van der Waals surface area (Å²) >= 11 is 0. The van der Waals surface area contributed by atoms with Crippen LogP contribution in [0.1, 0.15) is 38.5 Å². The number of phosphoric ester groups is 1. The molecule has 0 spiro atoms. The molecule has 0 saturated heterocycles. The summed E-state index contributed by atoms with van der Waals surface area (Å²) in [5, 5.41) is 0. The summed E-state index contributed by atoms with van der Waals surface area (Å²) in [6.45, 7) is 3.79. The van der Waals surface area contributed by atoms with E-state index < -0.39 is 21.6 Å². The molecule has 0 rings (SSSR count). The lowest BCUT2D eigenvalue weighted by Gasteiger charge is -2.05. The van der Waals surface area contributed by atoms with Gasteiger partial charge in [-0.1, -0.05) is 32.3 Å². The predicted molar refractivity (Wildman–Crippen MR) is 81.1 cm³/mol. The molecule has 0 atom stereocenters. The van der Waals surface area contributed by atoms with Crippen molar-refractivity contribution in [2.45, 2.75) is 38.5 Å². The number of unbranched alkanes of at least 4 members (excludes halogenated alkanes) is 5. The molecule has 0 aliphatic rings. The third kappa shape index (κ3) is 34.0. The van der Waals surface area contributed by atoms with Gasteiger partial charge in [-0.25, -0.2) is 13.9 Å². The minimum atomic E-state index is -4.64. The quantitative estimate of drug-likeness (QED) is 0.152. The van der Waals surface area contributed by atoms with E-state index in [1.165, 1.54) is 0 Å². The minimum absolute atomic E-state index is 0.0845. The summed E-state index contributed by atoms with van der Waals surface area (Å²) in [6, 6.07) is 0. The Hall–Kier alpha value is -0.570. The molecule has 0 saturated carbocycles. The van der Waals surface area contributed by atoms with Gasteiger partial charge in [0.05, 0.1) is 13.2 Å². The van der Waals surface area contributed by atoms with E-state index in [1.807, 2.05) is 0 Å². The van der Waals surface area contributed by atoms with Gasteiger partial charge in [-0.05, 0) is 12.8 Å². The number of rotatable bonds is 11. The lowest BCUT2D eigenvalue weighted by atomic mass is 10.1. The van der Waals surface area contributed by atoms with Gasteiger partial charge in [0, 0.05) is 6.08 Å². The SMILES string of the molecule is C=CC(=O)OCCCCCCCCOP(=O)(O)O.O=P(O)(O)O. The molecule has 12 heteroatoms. The molecule has 0 unspecified atom stereocenters. The largest absolute Gasteiger partial charge is 0.469 e. The summed E-state index contributed by atoms with van der Waals surface area (Å²) in [7, 11) is -8.94. The van der Waals surface area contributed by atoms with Crippen LogP contribution < -0.4 is 0 Å². The smallest absolute Gasteiger partial charge is 0.463 e. The maximum Gasteiger partial charge on any atom is 0.469 e. The first-order valence-corrected chi connectivity index (χ1v) is 9.83. The van der Waals surface area contributed by atoms with Crippen molar-refractivity contribution in [3.8, 4) is 0 Å². The van der Waals surface area contributed by atoms with Crippen molar-refractivity contribution >= 4 is 21.6 Å².